The van der Waals surface area contributed by atoms with Crippen LogP contribution in [0.4, 0.5) is 5.69 Å². The minimum absolute atomic E-state index is 0.133. The van der Waals surface area contributed by atoms with Gasteiger partial charge in [0, 0.05) is 17.6 Å². The van der Waals surface area contributed by atoms with Gasteiger partial charge in [0.1, 0.15) is 5.69 Å². The van der Waals surface area contributed by atoms with Crippen molar-refractivity contribution in [3.8, 4) is 0 Å². The third kappa shape index (κ3) is 2.92. The average molecular weight is 281 g/mol. The predicted octanol–water partition coefficient (Wildman–Crippen LogP) is 2.80. The first-order chi connectivity index (χ1) is 8.97. The van der Waals surface area contributed by atoms with Crippen LogP contribution in [0.5, 0.6) is 0 Å². The van der Waals surface area contributed by atoms with Crippen LogP contribution < -0.4 is 0 Å². The summed E-state index contributed by atoms with van der Waals surface area (Å²) >= 11 is 5.84. The highest BCUT2D eigenvalue weighted by Crippen LogP contribution is 2.19. The maximum Gasteiger partial charge on any atom is 0.352 e. The molecule has 0 aliphatic carbocycles. The van der Waals surface area contributed by atoms with Gasteiger partial charge in [0.25, 0.3) is 5.69 Å². The maximum absolute atomic E-state index is 11.0. The number of nitrogens with zero attached hydrogens (tertiary/aromatic N) is 2. The lowest BCUT2D eigenvalue weighted by molar-refractivity contribution is -0.384. The third-order valence-electron chi connectivity index (χ3n) is 2.55. The highest BCUT2D eigenvalue weighted by molar-refractivity contribution is 6.30. The summed E-state index contributed by atoms with van der Waals surface area (Å²) in [4.78, 5) is 21.1. The van der Waals surface area contributed by atoms with Crippen LogP contribution in [0.2, 0.25) is 5.02 Å². The first kappa shape index (κ1) is 13.1. The Balaban J connectivity index is 2.38. The predicted molar refractivity (Wildman–Crippen MR) is 68.6 cm³/mol. The molecule has 0 spiro atoms. The number of hydrogen-bond donors (Lipinski definition) is 1. The molecule has 2 aromatic rings. The molecule has 7 heteroatoms. The van der Waals surface area contributed by atoms with E-state index in [9.17, 15) is 14.9 Å². The van der Waals surface area contributed by atoms with Gasteiger partial charge in [-0.3, -0.25) is 10.1 Å². The zero-order valence-corrected chi connectivity index (χ0v) is 10.4. The Hall–Kier alpha value is -2.34. The molecule has 0 saturated heterocycles. The van der Waals surface area contributed by atoms with E-state index in [0.717, 1.165) is 11.6 Å². The standard InChI is InChI=1S/C12H9ClN2O4/c13-9-3-1-2-8(4-9)6-14-7-10(15(18)19)5-11(14)12(16)17/h1-5,7H,6H2,(H,16,17). The molecule has 0 atom stereocenters. The highest BCUT2D eigenvalue weighted by atomic mass is 35.5. The smallest absolute Gasteiger partial charge is 0.352 e. The van der Waals surface area contributed by atoms with Crippen molar-refractivity contribution in [1.29, 1.82) is 0 Å². The van der Waals surface area contributed by atoms with E-state index in [1.54, 1.807) is 24.3 Å². The van der Waals surface area contributed by atoms with Crippen molar-refractivity contribution in [2.45, 2.75) is 6.54 Å². The van der Waals surface area contributed by atoms with Crippen molar-refractivity contribution in [2.24, 2.45) is 0 Å². The molecule has 6 nitrogen and oxygen atoms in total. The molecular formula is C12H9ClN2O4. The molecule has 1 aromatic heterocycles. The van der Waals surface area contributed by atoms with Crippen LogP contribution >= 0.6 is 11.6 Å². The van der Waals surface area contributed by atoms with Crippen LogP contribution in [0.25, 0.3) is 0 Å². The number of rotatable bonds is 4. The van der Waals surface area contributed by atoms with Gasteiger partial charge in [-0.05, 0) is 17.7 Å². The summed E-state index contributed by atoms with van der Waals surface area (Å²) in [6.45, 7) is 0.204. The zero-order chi connectivity index (χ0) is 14.0. The van der Waals surface area contributed by atoms with E-state index in [1.807, 2.05) is 0 Å². The second-order valence-corrected chi connectivity index (χ2v) is 4.34. The Morgan fingerprint density at radius 2 is 2.16 bits per heavy atom. The molecule has 0 radical (unpaired) electrons. The first-order valence-electron chi connectivity index (χ1n) is 5.29. The van der Waals surface area contributed by atoms with Gasteiger partial charge >= 0.3 is 5.97 Å². The van der Waals surface area contributed by atoms with Crippen LogP contribution in [0.3, 0.4) is 0 Å². The number of carboxylic acid groups (broad SMARTS) is 1. The lowest BCUT2D eigenvalue weighted by Gasteiger charge is -2.05. The number of carboxylic acids is 1. The summed E-state index contributed by atoms with van der Waals surface area (Å²) in [5, 5.41) is 20.2. The fourth-order valence-corrected chi connectivity index (χ4v) is 1.95. The van der Waals surface area contributed by atoms with Crippen molar-refractivity contribution < 1.29 is 14.8 Å². The van der Waals surface area contributed by atoms with Crippen molar-refractivity contribution in [1.82, 2.24) is 4.57 Å². The fourth-order valence-electron chi connectivity index (χ4n) is 1.74. The Morgan fingerprint density at radius 1 is 1.42 bits per heavy atom. The molecule has 0 bridgehead atoms. The minimum atomic E-state index is -1.21. The highest BCUT2D eigenvalue weighted by Gasteiger charge is 2.18. The quantitative estimate of drug-likeness (QED) is 0.689. The van der Waals surface area contributed by atoms with Crippen molar-refractivity contribution in [3.05, 3.63) is 62.9 Å². The van der Waals surface area contributed by atoms with E-state index >= 15 is 0 Å². The van der Waals surface area contributed by atoms with E-state index in [0.29, 0.717) is 5.02 Å². The molecule has 1 aromatic carbocycles. The fraction of sp³-hybridized carbons (Fsp3) is 0.0833. The molecule has 2 rings (SSSR count). The molecule has 0 unspecified atom stereocenters. The molecule has 0 aliphatic heterocycles. The Labute approximate surface area is 113 Å². The Kier molecular flexibility index (Phi) is 3.52. The van der Waals surface area contributed by atoms with Gasteiger partial charge in [0.2, 0.25) is 0 Å². The topological polar surface area (TPSA) is 85.4 Å². The van der Waals surface area contributed by atoms with E-state index in [1.165, 1.54) is 10.8 Å². The van der Waals surface area contributed by atoms with E-state index in [2.05, 4.69) is 0 Å². The number of nitro groups is 1. The van der Waals surface area contributed by atoms with Gasteiger partial charge in [-0.25, -0.2) is 4.79 Å². The van der Waals surface area contributed by atoms with Crippen LogP contribution in [0.1, 0.15) is 16.1 Å². The molecule has 1 heterocycles. The normalized spacial score (nSPS) is 10.4. The minimum Gasteiger partial charge on any atom is -0.477 e. The van der Waals surface area contributed by atoms with Crippen molar-refractivity contribution in [3.63, 3.8) is 0 Å². The van der Waals surface area contributed by atoms with Gasteiger partial charge in [-0.1, -0.05) is 23.7 Å². The Bertz CT molecular complexity index is 651. The second kappa shape index (κ2) is 5.11. The molecule has 98 valence electrons. The lowest BCUT2D eigenvalue weighted by atomic mass is 10.2. The van der Waals surface area contributed by atoms with Gasteiger partial charge in [-0.15, -0.1) is 0 Å². The van der Waals surface area contributed by atoms with Gasteiger partial charge in [0.15, 0.2) is 0 Å². The number of halogens is 1. The first-order valence-corrected chi connectivity index (χ1v) is 5.67. The Morgan fingerprint density at radius 3 is 2.74 bits per heavy atom. The largest absolute Gasteiger partial charge is 0.477 e. The molecule has 0 aliphatic rings. The van der Waals surface area contributed by atoms with Gasteiger partial charge < -0.3 is 9.67 Å². The van der Waals surface area contributed by atoms with Gasteiger partial charge in [0.05, 0.1) is 11.1 Å². The van der Waals surface area contributed by atoms with Crippen LogP contribution in [0.15, 0.2) is 36.5 Å². The maximum atomic E-state index is 11.0. The monoisotopic (exact) mass is 280 g/mol. The molecule has 1 N–H and O–H groups in total. The molecule has 0 fully saturated rings. The zero-order valence-electron chi connectivity index (χ0n) is 9.62. The average Bonchev–Trinajstić information content (AvgIpc) is 2.73. The van der Waals surface area contributed by atoms with Crippen molar-refractivity contribution >= 4 is 23.3 Å². The molecule has 0 saturated carbocycles. The van der Waals surface area contributed by atoms with Crippen LogP contribution in [-0.4, -0.2) is 20.6 Å². The summed E-state index contributed by atoms with van der Waals surface area (Å²) in [5.74, 6) is -1.21. The van der Waals surface area contributed by atoms with E-state index in [4.69, 9.17) is 16.7 Å². The van der Waals surface area contributed by atoms with E-state index < -0.39 is 10.9 Å². The van der Waals surface area contributed by atoms with Crippen LogP contribution in [0, 0.1) is 10.1 Å². The number of hydrogen-bond acceptors (Lipinski definition) is 3. The van der Waals surface area contributed by atoms with Crippen molar-refractivity contribution in [2.75, 3.05) is 0 Å². The number of carbonyl (C=O) groups is 1. The molecular weight excluding hydrogens is 272 g/mol. The summed E-state index contributed by atoms with van der Waals surface area (Å²) < 4.78 is 1.31. The lowest BCUT2D eigenvalue weighted by Crippen LogP contribution is -2.08. The second-order valence-electron chi connectivity index (χ2n) is 3.90. The molecule has 19 heavy (non-hydrogen) atoms. The van der Waals surface area contributed by atoms with E-state index in [-0.39, 0.29) is 17.9 Å². The number of aromatic nitrogens is 1. The molecule has 0 amide bonds. The van der Waals surface area contributed by atoms with Crippen LogP contribution in [-0.2, 0) is 6.54 Å². The number of aromatic carboxylic acids is 1. The third-order valence-corrected chi connectivity index (χ3v) is 2.79. The summed E-state index contributed by atoms with van der Waals surface area (Å²) in [7, 11) is 0. The summed E-state index contributed by atoms with van der Waals surface area (Å²) in [5.41, 5.74) is 0.381. The van der Waals surface area contributed by atoms with Gasteiger partial charge in [-0.2, -0.15) is 0 Å². The summed E-state index contributed by atoms with van der Waals surface area (Å²) in [6.07, 6.45) is 1.20. The SMILES string of the molecule is O=C(O)c1cc([N+](=O)[O-])cn1Cc1cccc(Cl)c1. The summed E-state index contributed by atoms with van der Waals surface area (Å²) in [6, 6.07) is 7.91. The number of benzene rings is 1.